The van der Waals surface area contributed by atoms with E-state index in [1.807, 2.05) is 6.20 Å². The van der Waals surface area contributed by atoms with Crippen molar-refractivity contribution in [1.29, 1.82) is 0 Å². The molecule has 2 fully saturated rings. The van der Waals surface area contributed by atoms with Crippen molar-refractivity contribution >= 4 is 18.4 Å². The summed E-state index contributed by atoms with van der Waals surface area (Å²) >= 11 is 0. The van der Waals surface area contributed by atoms with Crippen LogP contribution in [-0.4, -0.2) is 42.4 Å². The van der Waals surface area contributed by atoms with Crippen LogP contribution < -0.4 is 16.1 Å². The van der Waals surface area contributed by atoms with Crippen LogP contribution in [0.2, 0.25) is 0 Å². The molecule has 6 heteroatoms. The van der Waals surface area contributed by atoms with Crippen LogP contribution in [0.4, 0.5) is 5.82 Å². The van der Waals surface area contributed by atoms with Gasteiger partial charge in [0.05, 0.1) is 11.2 Å². The number of aromatic nitrogens is 1. The molecule has 3 heterocycles. The zero-order valence-electron chi connectivity index (χ0n) is 14.9. The Kier molecular flexibility index (Phi) is 4.19. The molecule has 0 aromatic carbocycles. The number of pyridine rings is 1. The Morgan fingerprint density at radius 3 is 2.26 bits per heavy atom. The number of anilines is 1. The lowest BCUT2D eigenvalue weighted by atomic mass is 9.77. The topological polar surface area (TPSA) is 60.6 Å². The monoisotopic (exact) mass is 317 g/mol. The van der Waals surface area contributed by atoms with Crippen LogP contribution >= 0.6 is 0 Å². The fourth-order valence-corrected chi connectivity index (χ4v) is 3.07. The lowest BCUT2D eigenvalue weighted by molar-refractivity contribution is 0.00578. The summed E-state index contributed by atoms with van der Waals surface area (Å²) < 4.78 is 12.3. The molecular formula is C17H28BN3O2. The largest absolute Gasteiger partial charge is 0.496 e. The number of piperidine rings is 1. The summed E-state index contributed by atoms with van der Waals surface area (Å²) in [6, 6.07) is 2.47. The van der Waals surface area contributed by atoms with Crippen LogP contribution in [0.1, 0.15) is 46.1 Å². The lowest BCUT2D eigenvalue weighted by Gasteiger charge is -2.32. The van der Waals surface area contributed by atoms with Gasteiger partial charge in [-0.15, -0.1) is 0 Å². The standard InChI is InChI=1S/C17H28BN3O2/c1-12-10-15(21-8-6-13(19)7-9-21)20-11-14(12)18-22-16(2,3)17(4,5)23-18/h10-11,13H,6-9,19H2,1-5H3. The first-order chi connectivity index (χ1) is 10.7. The molecule has 3 rings (SSSR count). The third-order valence-electron chi connectivity index (χ3n) is 5.51. The predicted octanol–water partition coefficient (Wildman–Crippen LogP) is 1.62. The smallest absolute Gasteiger partial charge is 0.399 e. The van der Waals surface area contributed by atoms with Gasteiger partial charge in [0.1, 0.15) is 5.82 Å². The molecule has 1 aromatic heterocycles. The molecule has 2 aliphatic heterocycles. The highest BCUT2D eigenvalue weighted by atomic mass is 16.7. The molecule has 0 atom stereocenters. The number of hydrogen-bond donors (Lipinski definition) is 1. The van der Waals surface area contributed by atoms with Gasteiger partial charge in [0, 0.05) is 30.8 Å². The van der Waals surface area contributed by atoms with Gasteiger partial charge in [-0.2, -0.15) is 0 Å². The van der Waals surface area contributed by atoms with Crippen molar-refractivity contribution in [2.24, 2.45) is 5.73 Å². The van der Waals surface area contributed by atoms with E-state index < -0.39 is 0 Å². The van der Waals surface area contributed by atoms with Crippen LogP contribution in [0.25, 0.3) is 0 Å². The predicted molar refractivity (Wildman–Crippen MR) is 94.1 cm³/mol. The zero-order valence-corrected chi connectivity index (χ0v) is 14.9. The van der Waals surface area contributed by atoms with Crippen molar-refractivity contribution in [3.63, 3.8) is 0 Å². The van der Waals surface area contributed by atoms with Crippen LogP contribution in [-0.2, 0) is 9.31 Å². The Labute approximate surface area is 139 Å². The molecular weight excluding hydrogens is 289 g/mol. The van der Waals surface area contributed by atoms with Gasteiger partial charge in [0.2, 0.25) is 0 Å². The average Bonchev–Trinajstić information content (AvgIpc) is 2.68. The Morgan fingerprint density at radius 1 is 1.17 bits per heavy atom. The highest BCUT2D eigenvalue weighted by Gasteiger charge is 2.52. The first kappa shape index (κ1) is 16.7. The van der Waals surface area contributed by atoms with E-state index in [4.69, 9.17) is 15.0 Å². The number of hydrogen-bond acceptors (Lipinski definition) is 5. The molecule has 2 saturated heterocycles. The highest BCUT2D eigenvalue weighted by molar-refractivity contribution is 6.62. The molecule has 0 aliphatic carbocycles. The first-order valence-electron chi connectivity index (χ1n) is 8.52. The normalized spacial score (nSPS) is 24.3. The minimum atomic E-state index is -0.351. The quantitative estimate of drug-likeness (QED) is 0.840. The van der Waals surface area contributed by atoms with Crippen molar-refractivity contribution in [1.82, 2.24) is 4.98 Å². The second-order valence-corrected chi connectivity index (χ2v) is 7.81. The molecule has 0 bridgehead atoms. The van der Waals surface area contributed by atoms with E-state index in [-0.39, 0.29) is 18.3 Å². The zero-order chi connectivity index (χ0) is 16.8. The van der Waals surface area contributed by atoms with Gasteiger partial charge in [-0.3, -0.25) is 0 Å². The van der Waals surface area contributed by atoms with Crippen LogP contribution in [0.15, 0.2) is 12.3 Å². The van der Waals surface area contributed by atoms with Gasteiger partial charge in [-0.1, -0.05) is 0 Å². The first-order valence-corrected chi connectivity index (χ1v) is 8.52. The Bertz CT molecular complexity index is 567. The Hall–Kier alpha value is -1.11. The molecule has 126 valence electrons. The van der Waals surface area contributed by atoms with Crippen LogP contribution in [0.5, 0.6) is 0 Å². The number of nitrogens with zero attached hydrogens (tertiary/aromatic N) is 2. The molecule has 2 aliphatic rings. The Morgan fingerprint density at radius 2 is 1.74 bits per heavy atom. The SMILES string of the molecule is Cc1cc(N2CCC(N)CC2)ncc1B1OC(C)(C)C(C)(C)O1. The lowest BCUT2D eigenvalue weighted by Crippen LogP contribution is -2.41. The fourth-order valence-electron chi connectivity index (χ4n) is 3.07. The maximum Gasteiger partial charge on any atom is 0.496 e. The average molecular weight is 317 g/mol. The van der Waals surface area contributed by atoms with Crippen LogP contribution in [0.3, 0.4) is 0 Å². The van der Waals surface area contributed by atoms with E-state index in [0.717, 1.165) is 42.8 Å². The molecule has 0 radical (unpaired) electrons. The maximum atomic E-state index is 6.14. The molecule has 5 nitrogen and oxygen atoms in total. The third-order valence-corrected chi connectivity index (χ3v) is 5.51. The summed E-state index contributed by atoms with van der Waals surface area (Å²) in [6.07, 6.45) is 3.96. The van der Waals surface area contributed by atoms with E-state index >= 15 is 0 Å². The van der Waals surface area contributed by atoms with Gasteiger partial charge < -0.3 is 19.9 Å². The van der Waals surface area contributed by atoms with Crippen LogP contribution in [0, 0.1) is 6.92 Å². The number of nitrogens with two attached hydrogens (primary N) is 1. The van der Waals surface area contributed by atoms with Gasteiger partial charge >= 0.3 is 7.12 Å². The third kappa shape index (κ3) is 3.12. The van der Waals surface area contributed by atoms with Crippen molar-refractivity contribution in [3.8, 4) is 0 Å². The molecule has 0 unspecified atom stereocenters. The summed E-state index contributed by atoms with van der Waals surface area (Å²) in [5.41, 5.74) is 7.50. The minimum absolute atomic E-state index is 0.328. The summed E-state index contributed by atoms with van der Waals surface area (Å²) in [6.45, 7) is 12.3. The molecule has 0 spiro atoms. The molecule has 2 N–H and O–H groups in total. The summed E-state index contributed by atoms with van der Waals surface area (Å²) in [5.74, 6) is 1.02. The second-order valence-electron chi connectivity index (χ2n) is 7.81. The Balaban J connectivity index is 1.78. The highest BCUT2D eigenvalue weighted by Crippen LogP contribution is 2.36. The number of aryl methyl sites for hydroxylation is 1. The van der Waals surface area contributed by atoms with Crippen molar-refractivity contribution in [3.05, 3.63) is 17.8 Å². The second kappa shape index (κ2) is 5.76. The van der Waals surface area contributed by atoms with E-state index in [2.05, 4.69) is 50.6 Å². The summed E-state index contributed by atoms with van der Waals surface area (Å²) in [5, 5.41) is 0. The molecule has 1 aromatic rings. The van der Waals surface area contributed by atoms with Crippen molar-refractivity contribution < 1.29 is 9.31 Å². The van der Waals surface area contributed by atoms with E-state index in [1.165, 1.54) is 0 Å². The van der Waals surface area contributed by atoms with E-state index in [9.17, 15) is 0 Å². The molecule has 23 heavy (non-hydrogen) atoms. The van der Waals surface area contributed by atoms with E-state index in [0.29, 0.717) is 6.04 Å². The van der Waals surface area contributed by atoms with Gasteiger partial charge in [-0.25, -0.2) is 4.98 Å². The summed E-state index contributed by atoms with van der Waals surface area (Å²) in [7, 11) is -0.351. The maximum absolute atomic E-state index is 6.14. The van der Waals surface area contributed by atoms with Gasteiger partial charge in [-0.05, 0) is 59.1 Å². The van der Waals surface area contributed by atoms with E-state index in [1.54, 1.807) is 0 Å². The number of rotatable bonds is 2. The summed E-state index contributed by atoms with van der Waals surface area (Å²) in [4.78, 5) is 6.96. The van der Waals surface area contributed by atoms with Gasteiger partial charge in [0.25, 0.3) is 0 Å². The molecule has 0 saturated carbocycles. The molecule has 0 amide bonds. The fraction of sp³-hybridized carbons (Fsp3) is 0.706. The van der Waals surface area contributed by atoms with Crippen molar-refractivity contribution in [2.45, 2.75) is 64.7 Å². The van der Waals surface area contributed by atoms with Crippen molar-refractivity contribution in [2.75, 3.05) is 18.0 Å². The minimum Gasteiger partial charge on any atom is -0.399 e. The van der Waals surface area contributed by atoms with Gasteiger partial charge in [0.15, 0.2) is 0 Å².